The minimum atomic E-state index is 0.410. The number of imidazole rings is 1. The van der Waals surface area contributed by atoms with Gasteiger partial charge in [0, 0.05) is 6.92 Å². The molecule has 2 aromatic rings. The van der Waals surface area contributed by atoms with Crippen LogP contribution in [0.15, 0.2) is 30.6 Å². The molecule has 2 aromatic heterocycles. The molecule has 0 fully saturated rings. The molecule has 0 unspecified atom stereocenters. The quantitative estimate of drug-likeness (QED) is 0.592. The SMILES string of the molecule is Cc1n2ccccc2c[n+]1CC#N. The van der Waals surface area contributed by atoms with Gasteiger partial charge in [-0.1, -0.05) is 6.07 Å². The van der Waals surface area contributed by atoms with E-state index in [1.165, 1.54) is 0 Å². The van der Waals surface area contributed by atoms with Crippen LogP contribution < -0.4 is 4.57 Å². The molecule has 0 aliphatic carbocycles. The van der Waals surface area contributed by atoms with Gasteiger partial charge in [-0.2, -0.15) is 5.26 Å². The van der Waals surface area contributed by atoms with Crippen LogP contribution in [0.4, 0.5) is 0 Å². The summed E-state index contributed by atoms with van der Waals surface area (Å²) in [7, 11) is 0. The predicted molar refractivity (Wildman–Crippen MR) is 47.9 cm³/mol. The monoisotopic (exact) mass is 172 g/mol. The van der Waals surface area contributed by atoms with Gasteiger partial charge in [-0.05, 0) is 12.1 Å². The fourth-order valence-corrected chi connectivity index (χ4v) is 1.48. The van der Waals surface area contributed by atoms with E-state index in [0.29, 0.717) is 6.54 Å². The van der Waals surface area contributed by atoms with Crippen LogP contribution in [0, 0.1) is 18.3 Å². The van der Waals surface area contributed by atoms with E-state index in [1.807, 2.05) is 42.1 Å². The molecule has 3 nitrogen and oxygen atoms in total. The molecule has 0 aliphatic heterocycles. The van der Waals surface area contributed by atoms with Crippen LogP contribution >= 0.6 is 0 Å². The Balaban J connectivity index is 2.68. The van der Waals surface area contributed by atoms with E-state index in [9.17, 15) is 0 Å². The third-order valence-electron chi connectivity index (χ3n) is 2.18. The highest BCUT2D eigenvalue weighted by Gasteiger charge is 2.11. The molecule has 2 heterocycles. The van der Waals surface area contributed by atoms with Gasteiger partial charge >= 0.3 is 0 Å². The highest BCUT2D eigenvalue weighted by Crippen LogP contribution is 2.02. The van der Waals surface area contributed by atoms with E-state index in [0.717, 1.165) is 11.3 Å². The third kappa shape index (κ3) is 1.17. The van der Waals surface area contributed by atoms with Crippen molar-refractivity contribution in [3.8, 4) is 6.07 Å². The number of hydrogen-bond acceptors (Lipinski definition) is 1. The summed E-state index contributed by atoms with van der Waals surface area (Å²) in [5.41, 5.74) is 1.12. The lowest BCUT2D eigenvalue weighted by Gasteiger charge is -1.88. The summed E-state index contributed by atoms with van der Waals surface area (Å²) in [5, 5.41) is 8.59. The molecule has 0 spiro atoms. The third-order valence-corrected chi connectivity index (χ3v) is 2.18. The van der Waals surface area contributed by atoms with Crippen LogP contribution in [0.25, 0.3) is 5.52 Å². The first-order valence-electron chi connectivity index (χ1n) is 4.16. The molecular weight excluding hydrogens is 162 g/mol. The van der Waals surface area contributed by atoms with Crippen LogP contribution in [0.1, 0.15) is 5.82 Å². The second kappa shape index (κ2) is 2.91. The molecule has 64 valence electrons. The van der Waals surface area contributed by atoms with Crippen molar-refractivity contribution >= 4 is 5.52 Å². The van der Waals surface area contributed by atoms with Crippen molar-refractivity contribution in [2.45, 2.75) is 13.5 Å². The molecule has 0 aliphatic rings. The lowest BCUT2D eigenvalue weighted by Crippen LogP contribution is -2.34. The predicted octanol–water partition coefficient (Wildman–Crippen LogP) is 1.06. The average Bonchev–Trinajstić information content (AvgIpc) is 2.46. The summed E-state index contributed by atoms with van der Waals surface area (Å²) in [4.78, 5) is 0. The van der Waals surface area contributed by atoms with Crippen LogP contribution in [0.3, 0.4) is 0 Å². The molecule has 0 radical (unpaired) electrons. The molecular formula is C10H10N3+. The lowest BCUT2D eigenvalue weighted by atomic mass is 10.4. The Bertz CT molecular complexity index is 476. The number of hydrogen-bond donors (Lipinski definition) is 0. The zero-order chi connectivity index (χ0) is 9.26. The van der Waals surface area contributed by atoms with E-state index in [4.69, 9.17) is 5.26 Å². The van der Waals surface area contributed by atoms with Gasteiger partial charge in [-0.3, -0.25) is 0 Å². The van der Waals surface area contributed by atoms with Gasteiger partial charge in [-0.15, -0.1) is 0 Å². The van der Waals surface area contributed by atoms with Gasteiger partial charge < -0.3 is 0 Å². The van der Waals surface area contributed by atoms with Crippen molar-refractivity contribution in [2.75, 3.05) is 0 Å². The number of aromatic nitrogens is 2. The molecule has 0 bridgehead atoms. The maximum Gasteiger partial charge on any atom is 0.259 e. The molecule has 13 heavy (non-hydrogen) atoms. The van der Waals surface area contributed by atoms with Crippen molar-refractivity contribution in [2.24, 2.45) is 0 Å². The molecule has 0 amide bonds. The zero-order valence-electron chi connectivity index (χ0n) is 7.44. The fraction of sp³-hybridized carbons (Fsp3) is 0.200. The van der Waals surface area contributed by atoms with Crippen molar-refractivity contribution in [1.29, 1.82) is 5.26 Å². The second-order valence-electron chi connectivity index (χ2n) is 2.96. The molecule has 2 rings (SSSR count). The van der Waals surface area contributed by atoms with Gasteiger partial charge in [0.25, 0.3) is 5.82 Å². The summed E-state index contributed by atoms with van der Waals surface area (Å²) < 4.78 is 4.01. The van der Waals surface area contributed by atoms with Crippen molar-refractivity contribution in [3.05, 3.63) is 36.4 Å². The van der Waals surface area contributed by atoms with Gasteiger partial charge in [0.2, 0.25) is 0 Å². The molecule has 0 N–H and O–H groups in total. The van der Waals surface area contributed by atoms with Crippen molar-refractivity contribution in [1.82, 2.24) is 4.40 Å². The molecule has 0 saturated carbocycles. The molecule has 0 aromatic carbocycles. The minimum absolute atomic E-state index is 0.410. The zero-order valence-corrected chi connectivity index (χ0v) is 7.44. The van der Waals surface area contributed by atoms with E-state index in [2.05, 4.69) is 10.5 Å². The Kier molecular flexibility index (Phi) is 1.75. The number of fused-ring (bicyclic) bond motifs is 1. The number of rotatable bonds is 1. The van der Waals surface area contributed by atoms with Crippen LogP contribution in [0.2, 0.25) is 0 Å². The van der Waals surface area contributed by atoms with Gasteiger partial charge in [0.15, 0.2) is 12.1 Å². The normalized spacial score (nSPS) is 10.2. The number of pyridine rings is 1. The first-order chi connectivity index (χ1) is 6.33. The molecule has 0 atom stereocenters. The average molecular weight is 172 g/mol. The van der Waals surface area contributed by atoms with E-state index in [-0.39, 0.29) is 0 Å². The maximum absolute atomic E-state index is 8.59. The summed E-state index contributed by atoms with van der Waals surface area (Å²) in [6.45, 7) is 2.41. The fourth-order valence-electron chi connectivity index (χ4n) is 1.48. The largest absolute Gasteiger partial charge is 0.259 e. The molecule has 3 heteroatoms. The van der Waals surface area contributed by atoms with E-state index < -0.39 is 0 Å². The van der Waals surface area contributed by atoms with Gasteiger partial charge in [0.05, 0.1) is 6.20 Å². The molecule has 0 saturated heterocycles. The van der Waals surface area contributed by atoms with Crippen molar-refractivity contribution < 1.29 is 4.57 Å². The smallest absolute Gasteiger partial charge is 0.220 e. The summed E-state index contributed by atoms with van der Waals surface area (Å²) >= 11 is 0. The Hall–Kier alpha value is -1.82. The van der Waals surface area contributed by atoms with E-state index >= 15 is 0 Å². The maximum atomic E-state index is 8.59. The highest BCUT2D eigenvalue weighted by molar-refractivity contribution is 5.43. The summed E-state index contributed by atoms with van der Waals surface area (Å²) in [5.74, 6) is 1.08. The Labute approximate surface area is 76.5 Å². The van der Waals surface area contributed by atoms with E-state index in [1.54, 1.807) is 0 Å². The first kappa shape index (κ1) is 7.81. The number of nitriles is 1. The summed E-state index contributed by atoms with van der Waals surface area (Å²) in [6.07, 6.45) is 3.98. The second-order valence-corrected chi connectivity index (χ2v) is 2.96. The Morgan fingerprint density at radius 3 is 3.08 bits per heavy atom. The van der Waals surface area contributed by atoms with Gasteiger partial charge in [0.1, 0.15) is 12.3 Å². The standard InChI is InChI=1S/C10H10N3/c1-9-12(7-5-11)8-10-4-2-3-6-13(9)10/h2-4,6,8H,7H2,1H3/q+1. The minimum Gasteiger partial charge on any atom is -0.220 e. The lowest BCUT2D eigenvalue weighted by molar-refractivity contribution is -0.689. The number of nitrogens with zero attached hydrogens (tertiary/aromatic N) is 3. The Morgan fingerprint density at radius 1 is 1.54 bits per heavy atom. The Morgan fingerprint density at radius 2 is 2.38 bits per heavy atom. The topological polar surface area (TPSA) is 32.1 Å². The van der Waals surface area contributed by atoms with Crippen LogP contribution in [-0.2, 0) is 6.54 Å². The first-order valence-corrected chi connectivity index (χ1v) is 4.16. The highest BCUT2D eigenvalue weighted by atomic mass is 15.1. The summed E-state index contributed by atoms with van der Waals surface area (Å²) in [6, 6.07) is 8.14. The van der Waals surface area contributed by atoms with Gasteiger partial charge in [-0.25, -0.2) is 8.97 Å². The van der Waals surface area contributed by atoms with Crippen molar-refractivity contribution in [3.63, 3.8) is 0 Å². The number of aryl methyl sites for hydroxylation is 1. The van der Waals surface area contributed by atoms with Crippen LogP contribution in [-0.4, -0.2) is 4.40 Å². The van der Waals surface area contributed by atoms with Crippen LogP contribution in [0.5, 0.6) is 0 Å².